The number of aromatic nitrogens is 2. The van der Waals surface area contributed by atoms with Gasteiger partial charge < -0.3 is 5.32 Å². The number of aryl methyl sites for hydroxylation is 1. The Labute approximate surface area is 159 Å². The van der Waals surface area contributed by atoms with E-state index in [1.807, 2.05) is 12.1 Å². The molecule has 0 saturated heterocycles. The molecule has 136 valence electrons. The zero-order valence-electron chi connectivity index (χ0n) is 14.2. The zero-order valence-corrected chi connectivity index (χ0v) is 14.9. The molecule has 0 fully saturated rings. The fraction of sp³-hybridized carbons (Fsp3) is 0.150. The molecule has 1 atom stereocenters. The Morgan fingerprint density at radius 3 is 2.74 bits per heavy atom. The lowest BCUT2D eigenvalue weighted by atomic mass is 10.1. The number of nitrogens with one attached hydrogen (secondary N) is 1. The molecule has 1 amide bonds. The average Bonchev–Trinajstić information content (AvgIpc) is 3.04. The first-order valence-corrected chi connectivity index (χ1v) is 8.84. The van der Waals surface area contributed by atoms with Gasteiger partial charge in [-0.05, 0) is 60.4 Å². The van der Waals surface area contributed by atoms with Crippen LogP contribution in [0.5, 0.6) is 0 Å². The summed E-state index contributed by atoms with van der Waals surface area (Å²) in [5, 5.41) is 7.67. The Balaban J connectivity index is 1.60. The first-order valence-electron chi connectivity index (χ1n) is 8.46. The molecule has 27 heavy (non-hydrogen) atoms. The number of rotatable bonds is 3. The van der Waals surface area contributed by atoms with Crippen LogP contribution in [0.3, 0.4) is 0 Å². The van der Waals surface area contributed by atoms with Gasteiger partial charge in [0.25, 0.3) is 5.91 Å². The van der Waals surface area contributed by atoms with E-state index >= 15 is 0 Å². The van der Waals surface area contributed by atoms with Crippen molar-refractivity contribution in [3.63, 3.8) is 0 Å². The molecule has 3 aromatic rings. The van der Waals surface area contributed by atoms with Crippen LogP contribution in [0, 0.1) is 5.82 Å². The molecule has 1 aliphatic rings. The van der Waals surface area contributed by atoms with Crippen molar-refractivity contribution in [2.24, 2.45) is 0 Å². The Bertz CT molecular complexity index is 1080. The van der Waals surface area contributed by atoms with E-state index in [0.717, 1.165) is 24.0 Å². The SMILES string of the molecule is O=C(NC1CCc2cc(Cl)ccc21)c1nn(-c2ccc(F)cc2)ccc1=O. The summed E-state index contributed by atoms with van der Waals surface area (Å²) in [5.74, 6) is -0.915. The predicted octanol–water partition coefficient (Wildman–Crippen LogP) is 3.44. The standard InChI is InChI=1S/C20H15ClFN3O2/c21-13-2-7-16-12(11-13)1-8-17(16)23-20(27)19-18(26)9-10-25(24-19)15-5-3-14(22)4-6-15/h2-7,9-11,17H,1,8H2,(H,23,27). The van der Waals surface area contributed by atoms with Crippen molar-refractivity contribution >= 4 is 17.5 Å². The maximum absolute atomic E-state index is 13.1. The van der Waals surface area contributed by atoms with E-state index < -0.39 is 11.3 Å². The van der Waals surface area contributed by atoms with E-state index in [1.165, 1.54) is 41.2 Å². The number of carbonyl (C=O) groups excluding carboxylic acids is 1. The van der Waals surface area contributed by atoms with E-state index in [0.29, 0.717) is 10.7 Å². The summed E-state index contributed by atoms with van der Waals surface area (Å²) in [5.41, 5.74) is 1.97. The molecule has 0 radical (unpaired) electrons. The summed E-state index contributed by atoms with van der Waals surface area (Å²) >= 11 is 6.01. The van der Waals surface area contributed by atoms with Crippen LogP contribution >= 0.6 is 11.6 Å². The van der Waals surface area contributed by atoms with Gasteiger partial charge in [0.1, 0.15) is 5.82 Å². The van der Waals surface area contributed by atoms with Gasteiger partial charge in [0.2, 0.25) is 5.43 Å². The molecular weight excluding hydrogens is 369 g/mol. The fourth-order valence-corrected chi connectivity index (χ4v) is 3.46. The number of benzene rings is 2. The molecular formula is C20H15ClFN3O2. The molecule has 0 spiro atoms. The molecule has 1 aliphatic carbocycles. The fourth-order valence-electron chi connectivity index (χ4n) is 3.27. The number of carbonyl (C=O) groups is 1. The van der Waals surface area contributed by atoms with Gasteiger partial charge in [-0.3, -0.25) is 9.59 Å². The third kappa shape index (κ3) is 3.48. The number of hydrogen-bond acceptors (Lipinski definition) is 3. The minimum Gasteiger partial charge on any atom is -0.344 e. The van der Waals surface area contributed by atoms with Gasteiger partial charge in [-0.25, -0.2) is 9.07 Å². The van der Waals surface area contributed by atoms with E-state index in [4.69, 9.17) is 11.6 Å². The normalized spacial score (nSPS) is 15.4. The molecule has 0 bridgehead atoms. The highest BCUT2D eigenvalue weighted by molar-refractivity contribution is 6.30. The second-order valence-corrected chi connectivity index (χ2v) is 6.79. The van der Waals surface area contributed by atoms with Crippen LogP contribution in [-0.2, 0) is 6.42 Å². The molecule has 1 unspecified atom stereocenters. The molecule has 1 N–H and O–H groups in total. The highest BCUT2D eigenvalue weighted by Crippen LogP contribution is 2.32. The predicted molar refractivity (Wildman–Crippen MR) is 99.8 cm³/mol. The number of hydrogen-bond donors (Lipinski definition) is 1. The van der Waals surface area contributed by atoms with Crippen molar-refractivity contribution in [3.8, 4) is 5.69 Å². The van der Waals surface area contributed by atoms with Crippen molar-refractivity contribution in [1.82, 2.24) is 15.1 Å². The summed E-state index contributed by atoms with van der Waals surface area (Å²) in [7, 11) is 0. The summed E-state index contributed by atoms with van der Waals surface area (Å²) in [6, 6.07) is 12.3. The maximum Gasteiger partial charge on any atom is 0.276 e. The highest BCUT2D eigenvalue weighted by atomic mass is 35.5. The Morgan fingerprint density at radius 2 is 1.96 bits per heavy atom. The lowest BCUT2D eigenvalue weighted by Gasteiger charge is -2.14. The zero-order chi connectivity index (χ0) is 19.0. The minimum atomic E-state index is -0.538. The van der Waals surface area contributed by atoms with Crippen molar-refractivity contribution in [3.05, 3.63) is 92.6 Å². The maximum atomic E-state index is 13.1. The van der Waals surface area contributed by atoms with Gasteiger partial charge >= 0.3 is 0 Å². The van der Waals surface area contributed by atoms with Gasteiger partial charge in [-0.2, -0.15) is 5.10 Å². The van der Waals surface area contributed by atoms with Crippen LogP contribution in [0.25, 0.3) is 5.69 Å². The summed E-state index contributed by atoms with van der Waals surface area (Å²) in [4.78, 5) is 24.8. The number of nitrogens with zero attached hydrogens (tertiary/aromatic N) is 2. The summed E-state index contributed by atoms with van der Waals surface area (Å²) < 4.78 is 14.5. The third-order valence-corrected chi connectivity index (χ3v) is 4.84. The molecule has 1 aromatic heterocycles. The Kier molecular flexibility index (Phi) is 4.49. The van der Waals surface area contributed by atoms with Crippen molar-refractivity contribution in [2.45, 2.75) is 18.9 Å². The van der Waals surface area contributed by atoms with E-state index in [1.54, 1.807) is 6.07 Å². The monoisotopic (exact) mass is 383 g/mol. The van der Waals surface area contributed by atoms with Gasteiger partial charge in [-0.1, -0.05) is 17.7 Å². The molecule has 2 aromatic carbocycles. The first kappa shape index (κ1) is 17.4. The van der Waals surface area contributed by atoms with E-state index in [9.17, 15) is 14.0 Å². The van der Waals surface area contributed by atoms with Crippen LogP contribution in [0.4, 0.5) is 4.39 Å². The number of fused-ring (bicyclic) bond motifs is 1. The van der Waals surface area contributed by atoms with Gasteiger partial charge in [-0.15, -0.1) is 0 Å². The topological polar surface area (TPSA) is 64.0 Å². The van der Waals surface area contributed by atoms with Crippen molar-refractivity contribution in [1.29, 1.82) is 0 Å². The van der Waals surface area contributed by atoms with E-state index in [2.05, 4.69) is 10.4 Å². The Morgan fingerprint density at radius 1 is 1.19 bits per heavy atom. The lowest BCUT2D eigenvalue weighted by Crippen LogP contribution is -2.33. The Hall–Kier alpha value is -2.99. The van der Waals surface area contributed by atoms with Gasteiger partial charge in [0.05, 0.1) is 11.7 Å². The molecule has 0 saturated carbocycles. The summed E-state index contributed by atoms with van der Waals surface area (Å²) in [6.45, 7) is 0. The largest absolute Gasteiger partial charge is 0.344 e. The quantitative estimate of drug-likeness (QED) is 0.753. The number of amides is 1. The molecule has 4 rings (SSSR count). The van der Waals surface area contributed by atoms with Crippen molar-refractivity contribution in [2.75, 3.05) is 0 Å². The molecule has 1 heterocycles. The van der Waals surface area contributed by atoms with Gasteiger partial charge in [0, 0.05) is 17.3 Å². The van der Waals surface area contributed by atoms with Crippen molar-refractivity contribution < 1.29 is 9.18 Å². The van der Waals surface area contributed by atoms with E-state index in [-0.39, 0.29) is 17.6 Å². The first-order chi connectivity index (χ1) is 13.0. The second-order valence-electron chi connectivity index (χ2n) is 6.36. The summed E-state index contributed by atoms with van der Waals surface area (Å²) in [6.07, 6.45) is 2.99. The van der Waals surface area contributed by atoms with Crippen LogP contribution in [-0.4, -0.2) is 15.7 Å². The van der Waals surface area contributed by atoms with Gasteiger partial charge in [0.15, 0.2) is 5.69 Å². The second kappa shape index (κ2) is 6.96. The molecule has 5 nitrogen and oxygen atoms in total. The third-order valence-electron chi connectivity index (χ3n) is 4.60. The smallest absolute Gasteiger partial charge is 0.276 e. The molecule has 0 aliphatic heterocycles. The average molecular weight is 384 g/mol. The van der Waals surface area contributed by atoms with Crippen LogP contribution in [0.15, 0.2) is 59.5 Å². The highest BCUT2D eigenvalue weighted by Gasteiger charge is 2.26. The van der Waals surface area contributed by atoms with Crippen LogP contribution in [0.2, 0.25) is 5.02 Å². The minimum absolute atomic E-state index is 0.189. The lowest BCUT2D eigenvalue weighted by molar-refractivity contribution is 0.0928. The number of halogens is 2. The molecule has 7 heteroatoms. The van der Waals surface area contributed by atoms with Crippen LogP contribution < -0.4 is 10.7 Å². The van der Waals surface area contributed by atoms with Crippen LogP contribution in [0.1, 0.15) is 34.1 Å².